The number of aldehydes is 1. The van der Waals surface area contributed by atoms with Gasteiger partial charge in [0, 0.05) is 6.04 Å². The Hall–Kier alpha value is -1.46. The van der Waals surface area contributed by atoms with Gasteiger partial charge in [0.05, 0.1) is 4.90 Å². The highest BCUT2D eigenvalue weighted by Crippen LogP contribution is 2.27. The fraction of sp³-hybridized carbons (Fsp3) is 0.400. The van der Waals surface area contributed by atoms with Gasteiger partial charge in [-0.05, 0) is 50.3 Å². The van der Waals surface area contributed by atoms with E-state index in [2.05, 4.69) is 4.72 Å². The van der Waals surface area contributed by atoms with Gasteiger partial charge in [0.25, 0.3) is 0 Å². The van der Waals surface area contributed by atoms with Crippen molar-refractivity contribution < 1.29 is 13.2 Å². The summed E-state index contributed by atoms with van der Waals surface area (Å²) in [5.41, 5.74) is 1.03. The average molecular weight is 293 g/mol. The molecule has 0 aliphatic heterocycles. The van der Waals surface area contributed by atoms with Crippen molar-refractivity contribution in [2.45, 2.75) is 37.1 Å². The van der Waals surface area contributed by atoms with Crippen LogP contribution in [0.2, 0.25) is 0 Å². The van der Waals surface area contributed by atoms with Gasteiger partial charge in [-0.25, -0.2) is 13.1 Å². The van der Waals surface area contributed by atoms with Crippen LogP contribution in [-0.4, -0.2) is 20.7 Å². The number of hydrogen-bond donors (Lipinski definition) is 1. The summed E-state index contributed by atoms with van der Waals surface area (Å²) in [7, 11) is -3.45. The Kier molecular flexibility index (Phi) is 4.73. The molecule has 1 aromatic carbocycles. The second-order valence-electron chi connectivity index (χ2n) is 5.23. The molecule has 2 rings (SSSR count). The minimum atomic E-state index is -3.45. The Balaban J connectivity index is 2.01. The molecule has 4 nitrogen and oxygen atoms in total. The van der Waals surface area contributed by atoms with Crippen LogP contribution >= 0.6 is 0 Å². The van der Waals surface area contributed by atoms with Crippen LogP contribution in [0.4, 0.5) is 0 Å². The minimum absolute atomic E-state index is 0.0531. The highest BCUT2D eigenvalue weighted by molar-refractivity contribution is 7.89. The van der Waals surface area contributed by atoms with Crippen LogP contribution < -0.4 is 4.72 Å². The number of rotatable bonds is 5. The quantitative estimate of drug-likeness (QED) is 0.668. The molecule has 1 N–H and O–H groups in total. The van der Waals surface area contributed by atoms with Crippen molar-refractivity contribution in [3.8, 4) is 0 Å². The highest BCUT2D eigenvalue weighted by atomic mass is 32.2. The molecule has 1 aromatic rings. The third-order valence-electron chi connectivity index (χ3n) is 3.59. The maximum atomic E-state index is 12.2. The number of carbonyl (C=O) groups excluding carboxylic acids is 1. The maximum absolute atomic E-state index is 12.2. The average Bonchev–Trinajstić information content (AvgIpc) is 2.83. The van der Waals surface area contributed by atoms with Crippen LogP contribution in [0.1, 0.15) is 24.8 Å². The topological polar surface area (TPSA) is 63.2 Å². The first-order chi connectivity index (χ1) is 9.51. The molecule has 0 aromatic heterocycles. The SMILES string of the molecule is Cc1ccc(S(=O)(=O)NC2CCC(C=CC=O)C2)cc1. The zero-order chi connectivity index (χ0) is 14.6. The predicted octanol–water partition coefficient (Wildman–Crippen LogP) is 2.20. The molecule has 0 saturated heterocycles. The summed E-state index contributed by atoms with van der Waals surface area (Å²) in [5, 5.41) is 0. The van der Waals surface area contributed by atoms with Crippen molar-refractivity contribution in [1.29, 1.82) is 0 Å². The normalized spacial score (nSPS) is 23.2. The number of carbonyl (C=O) groups is 1. The van der Waals surface area contributed by atoms with Gasteiger partial charge in [-0.1, -0.05) is 23.8 Å². The third kappa shape index (κ3) is 3.77. The molecule has 1 aliphatic rings. The number of allylic oxidation sites excluding steroid dienone is 2. The zero-order valence-electron chi connectivity index (χ0n) is 11.5. The Bertz CT molecular complexity index is 590. The third-order valence-corrected chi connectivity index (χ3v) is 5.12. The lowest BCUT2D eigenvalue weighted by Crippen LogP contribution is -2.32. The Labute approximate surface area is 119 Å². The van der Waals surface area contributed by atoms with Crippen LogP contribution in [-0.2, 0) is 14.8 Å². The lowest BCUT2D eigenvalue weighted by atomic mass is 10.1. The van der Waals surface area contributed by atoms with E-state index in [1.54, 1.807) is 24.3 Å². The number of nitrogens with one attached hydrogen (secondary N) is 1. The molecule has 0 amide bonds. The Morgan fingerprint density at radius 3 is 2.55 bits per heavy atom. The lowest BCUT2D eigenvalue weighted by Gasteiger charge is -2.13. The van der Waals surface area contributed by atoms with Gasteiger partial charge in [-0.2, -0.15) is 0 Å². The molecule has 0 radical (unpaired) electrons. The highest BCUT2D eigenvalue weighted by Gasteiger charge is 2.27. The summed E-state index contributed by atoms with van der Waals surface area (Å²) < 4.78 is 27.2. The van der Waals surface area contributed by atoms with E-state index >= 15 is 0 Å². The standard InChI is InChI=1S/C15H19NO3S/c1-12-4-8-15(9-5-12)20(18,19)16-14-7-6-13(11-14)3-2-10-17/h2-5,8-10,13-14,16H,6-7,11H2,1H3. The maximum Gasteiger partial charge on any atom is 0.240 e. The predicted molar refractivity (Wildman–Crippen MR) is 77.8 cm³/mol. The summed E-state index contributed by atoms with van der Waals surface area (Å²) in [6.07, 6.45) is 6.55. The van der Waals surface area contributed by atoms with E-state index < -0.39 is 10.0 Å². The summed E-state index contributed by atoms with van der Waals surface area (Å²) in [4.78, 5) is 10.6. The monoisotopic (exact) mass is 293 g/mol. The minimum Gasteiger partial charge on any atom is -0.299 e. The van der Waals surface area contributed by atoms with Crippen LogP contribution in [0.5, 0.6) is 0 Å². The fourth-order valence-corrected chi connectivity index (χ4v) is 3.79. The molecule has 1 fully saturated rings. The van der Waals surface area contributed by atoms with E-state index in [0.717, 1.165) is 31.1 Å². The van der Waals surface area contributed by atoms with Crippen molar-refractivity contribution in [3.63, 3.8) is 0 Å². The molecule has 0 heterocycles. The number of hydrogen-bond acceptors (Lipinski definition) is 3. The molecular formula is C15H19NO3S. The van der Waals surface area contributed by atoms with E-state index in [0.29, 0.717) is 4.90 Å². The number of sulfonamides is 1. The van der Waals surface area contributed by atoms with Gasteiger partial charge in [-0.3, -0.25) is 4.79 Å². The molecule has 0 spiro atoms. The van der Waals surface area contributed by atoms with Gasteiger partial charge in [0.2, 0.25) is 10.0 Å². The fourth-order valence-electron chi connectivity index (χ4n) is 2.51. The van der Waals surface area contributed by atoms with E-state index in [1.165, 1.54) is 6.08 Å². The first kappa shape index (κ1) is 14.9. The molecule has 108 valence electrons. The van der Waals surface area contributed by atoms with E-state index in [9.17, 15) is 13.2 Å². The summed E-state index contributed by atoms with van der Waals surface area (Å²) in [5.74, 6) is 0.283. The summed E-state index contributed by atoms with van der Waals surface area (Å²) in [6, 6.07) is 6.77. The van der Waals surface area contributed by atoms with Crippen molar-refractivity contribution in [3.05, 3.63) is 42.0 Å². The van der Waals surface area contributed by atoms with Crippen molar-refractivity contribution in [2.75, 3.05) is 0 Å². The first-order valence-electron chi connectivity index (χ1n) is 6.72. The molecule has 2 unspecified atom stereocenters. The molecule has 5 heteroatoms. The van der Waals surface area contributed by atoms with Crippen LogP contribution in [0.25, 0.3) is 0 Å². The summed E-state index contributed by atoms with van der Waals surface area (Å²) in [6.45, 7) is 1.92. The van der Waals surface area contributed by atoms with Crippen LogP contribution in [0, 0.1) is 12.8 Å². The van der Waals surface area contributed by atoms with Crippen molar-refractivity contribution in [1.82, 2.24) is 4.72 Å². The Morgan fingerprint density at radius 1 is 1.20 bits per heavy atom. The van der Waals surface area contributed by atoms with E-state index in [-0.39, 0.29) is 12.0 Å². The van der Waals surface area contributed by atoms with Gasteiger partial charge < -0.3 is 0 Å². The lowest BCUT2D eigenvalue weighted by molar-refractivity contribution is -0.104. The molecule has 1 saturated carbocycles. The van der Waals surface area contributed by atoms with Crippen molar-refractivity contribution in [2.24, 2.45) is 5.92 Å². The second-order valence-corrected chi connectivity index (χ2v) is 6.94. The molecule has 1 aliphatic carbocycles. The van der Waals surface area contributed by atoms with E-state index in [1.807, 2.05) is 13.0 Å². The van der Waals surface area contributed by atoms with Gasteiger partial charge >= 0.3 is 0 Å². The van der Waals surface area contributed by atoms with Gasteiger partial charge in [-0.15, -0.1) is 0 Å². The van der Waals surface area contributed by atoms with Crippen LogP contribution in [0.3, 0.4) is 0 Å². The summed E-state index contributed by atoms with van der Waals surface area (Å²) >= 11 is 0. The number of aryl methyl sites for hydroxylation is 1. The molecular weight excluding hydrogens is 274 g/mol. The Morgan fingerprint density at radius 2 is 1.90 bits per heavy atom. The molecule has 0 bridgehead atoms. The molecule has 20 heavy (non-hydrogen) atoms. The van der Waals surface area contributed by atoms with E-state index in [4.69, 9.17) is 0 Å². The van der Waals surface area contributed by atoms with Gasteiger partial charge in [0.15, 0.2) is 0 Å². The zero-order valence-corrected chi connectivity index (χ0v) is 12.3. The first-order valence-corrected chi connectivity index (χ1v) is 8.20. The van der Waals surface area contributed by atoms with Gasteiger partial charge in [0.1, 0.15) is 6.29 Å². The van der Waals surface area contributed by atoms with Crippen molar-refractivity contribution >= 4 is 16.3 Å². The second kappa shape index (κ2) is 6.33. The van der Waals surface area contributed by atoms with Crippen LogP contribution in [0.15, 0.2) is 41.3 Å². The largest absolute Gasteiger partial charge is 0.299 e. The smallest absolute Gasteiger partial charge is 0.240 e. The molecule has 2 atom stereocenters. The number of benzene rings is 1.